The highest BCUT2D eigenvalue weighted by Crippen LogP contribution is 2.20. The van der Waals surface area contributed by atoms with Gasteiger partial charge in [-0.3, -0.25) is 9.59 Å². The number of benzene rings is 2. The number of nitrogens with zero attached hydrogens (tertiary/aromatic N) is 2. The summed E-state index contributed by atoms with van der Waals surface area (Å²) in [6.45, 7) is 6.20. The average molecular weight is 321 g/mol. The molecule has 3 rings (SSSR count). The number of carbonyl (C=O) groups is 1. The lowest BCUT2D eigenvalue weighted by Crippen LogP contribution is -2.27. The van der Waals surface area contributed by atoms with E-state index in [1.54, 1.807) is 24.3 Å². The fraction of sp³-hybridized carbons (Fsp3) is 0.211. The molecule has 0 saturated heterocycles. The highest BCUT2D eigenvalue weighted by atomic mass is 16.2. The molecule has 5 heteroatoms. The molecule has 1 aromatic heterocycles. The Labute approximate surface area is 139 Å². The van der Waals surface area contributed by atoms with Gasteiger partial charge in [0.2, 0.25) is 0 Å². The maximum atomic E-state index is 12.8. The van der Waals surface area contributed by atoms with Crippen LogP contribution in [0.3, 0.4) is 0 Å². The van der Waals surface area contributed by atoms with E-state index in [1.807, 2.05) is 39.0 Å². The van der Waals surface area contributed by atoms with Crippen molar-refractivity contribution in [2.75, 3.05) is 5.32 Å². The van der Waals surface area contributed by atoms with E-state index in [1.165, 1.54) is 4.68 Å². The number of hydrogen-bond donors (Lipinski definition) is 1. The van der Waals surface area contributed by atoms with Crippen LogP contribution >= 0.6 is 0 Å². The minimum absolute atomic E-state index is 0.184. The third-order valence-corrected chi connectivity index (χ3v) is 4.24. The molecule has 1 N–H and O–H groups in total. The summed E-state index contributed by atoms with van der Waals surface area (Å²) >= 11 is 0. The summed E-state index contributed by atoms with van der Waals surface area (Å²) in [4.78, 5) is 25.1. The molecule has 0 atom stereocenters. The monoisotopic (exact) mass is 321 g/mol. The van der Waals surface area contributed by atoms with Gasteiger partial charge in [-0.2, -0.15) is 5.10 Å². The Hall–Kier alpha value is -2.95. The number of fused-ring (bicyclic) bond motifs is 1. The minimum atomic E-state index is -0.318. The van der Waals surface area contributed by atoms with Gasteiger partial charge in [-0.1, -0.05) is 30.3 Å². The van der Waals surface area contributed by atoms with E-state index in [0.29, 0.717) is 17.3 Å². The predicted molar refractivity (Wildman–Crippen MR) is 95.5 cm³/mol. The zero-order valence-electron chi connectivity index (χ0n) is 14.0. The number of anilines is 1. The number of rotatable bonds is 3. The third kappa shape index (κ3) is 2.69. The van der Waals surface area contributed by atoms with Crippen LogP contribution in [0.5, 0.6) is 0 Å². The molecule has 0 aliphatic rings. The number of nitrogens with one attached hydrogen (secondary N) is 1. The van der Waals surface area contributed by atoms with E-state index in [0.717, 1.165) is 16.8 Å². The molecule has 0 bridgehead atoms. The Balaban J connectivity index is 2.12. The van der Waals surface area contributed by atoms with Gasteiger partial charge in [-0.25, -0.2) is 4.68 Å². The van der Waals surface area contributed by atoms with Gasteiger partial charge in [0.25, 0.3) is 11.5 Å². The number of carbonyl (C=O) groups excluding carboxylic acids is 1. The van der Waals surface area contributed by atoms with Crippen LogP contribution in [0.4, 0.5) is 5.69 Å². The molecule has 0 radical (unpaired) electrons. The van der Waals surface area contributed by atoms with Crippen molar-refractivity contribution in [3.8, 4) is 0 Å². The maximum Gasteiger partial charge on any atom is 0.276 e. The second kappa shape index (κ2) is 6.28. The summed E-state index contributed by atoms with van der Waals surface area (Å²) in [5, 5.41) is 8.24. The van der Waals surface area contributed by atoms with Crippen LogP contribution in [0.15, 0.2) is 47.3 Å². The first-order chi connectivity index (χ1) is 11.5. The first kappa shape index (κ1) is 15.9. The smallest absolute Gasteiger partial charge is 0.276 e. The van der Waals surface area contributed by atoms with Gasteiger partial charge < -0.3 is 5.32 Å². The molecule has 1 heterocycles. The first-order valence-electron chi connectivity index (χ1n) is 7.90. The standard InChI is InChI=1S/C19H19N3O2/c1-4-22-19(24)15-10-6-5-9-14(15)17(21-22)18(23)20-16-11-7-8-12(2)13(16)3/h5-11H,4H2,1-3H3,(H,20,23). The molecular weight excluding hydrogens is 302 g/mol. The van der Waals surface area contributed by atoms with Crippen molar-refractivity contribution >= 4 is 22.4 Å². The number of amides is 1. The molecule has 0 saturated carbocycles. The van der Waals surface area contributed by atoms with Crippen molar-refractivity contribution in [3.63, 3.8) is 0 Å². The second-order valence-electron chi connectivity index (χ2n) is 5.72. The molecule has 1 amide bonds. The third-order valence-electron chi connectivity index (χ3n) is 4.24. The number of aromatic nitrogens is 2. The summed E-state index contributed by atoms with van der Waals surface area (Å²) < 4.78 is 1.32. The van der Waals surface area contributed by atoms with Crippen LogP contribution in [0, 0.1) is 13.8 Å². The zero-order valence-corrected chi connectivity index (χ0v) is 14.0. The number of hydrogen-bond acceptors (Lipinski definition) is 3. The lowest BCUT2D eigenvalue weighted by atomic mass is 10.1. The highest BCUT2D eigenvalue weighted by molar-refractivity contribution is 6.11. The maximum absolute atomic E-state index is 12.8. The molecule has 24 heavy (non-hydrogen) atoms. The largest absolute Gasteiger partial charge is 0.320 e. The van der Waals surface area contributed by atoms with Crippen molar-refractivity contribution in [1.29, 1.82) is 0 Å². The van der Waals surface area contributed by atoms with Crippen LogP contribution < -0.4 is 10.9 Å². The summed E-state index contributed by atoms with van der Waals surface area (Å²) in [7, 11) is 0. The molecule has 3 aromatic rings. The van der Waals surface area contributed by atoms with Crippen LogP contribution in [-0.4, -0.2) is 15.7 Å². The lowest BCUT2D eigenvalue weighted by Gasteiger charge is -2.12. The minimum Gasteiger partial charge on any atom is -0.320 e. The normalized spacial score (nSPS) is 10.8. The molecule has 5 nitrogen and oxygen atoms in total. The van der Waals surface area contributed by atoms with Gasteiger partial charge in [-0.05, 0) is 44.0 Å². The van der Waals surface area contributed by atoms with Crippen molar-refractivity contribution in [2.24, 2.45) is 0 Å². The second-order valence-corrected chi connectivity index (χ2v) is 5.72. The Bertz CT molecular complexity index is 990. The molecule has 122 valence electrons. The summed E-state index contributed by atoms with van der Waals surface area (Å²) in [5.74, 6) is -0.318. The lowest BCUT2D eigenvalue weighted by molar-refractivity contribution is 0.102. The molecule has 0 aliphatic carbocycles. The van der Waals surface area contributed by atoms with Crippen molar-refractivity contribution in [2.45, 2.75) is 27.3 Å². The predicted octanol–water partition coefficient (Wildman–Crippen LogP) is 3.29. The Morgan fingerprint density at radius 1 is 1.08 bits per heavy atom. The topological polar surface area (TPSA) is 64.0 Å². The fourth-order valence-electron chi connectivity index (χ4n) is 2.69. The van der Waals surface area contributed by atoms with Gasteiger partial charge in [0.15, 0.2) is 5.69 Å². The fourth-order valence-corrected chi connectivity index (χ4v) is 2.69. The van der Waals surface area contributed by atoms with E-state index < -0.39 is 0 Å². The molecule has 0 fully saturated rings. The van der Waals surface area contributed by atoms with E-state index in [2.05, 4.69) is 10.4 Å². The summed E-state index contributed by atoms with van der Waals surface area (Å²) in [6, 6.07) is 12.8. The van der Waals surface area contributed by atoms with Gasteiger partial charge in [0.1, 0.15) is 0 Å². The van der Waals surface area contributed by atoms with Crippen LogP contribution in [-0.2, 0) is 6.54 Å². The quantitative estimate of drug-likeness (QED) is 0.805. The summed E-state index contributed by atoms with van der Waals surface area (Å²) in [5.41, 5.74) is 2.94. The van der Waals surface area contributed by atoms with Crippen molar-refractivity contribution in [3.05, 3.63) is 69.6 Å². The van der Waals surface area contributed by atoms with E-state index >= 15 is 0 Å². The van der Waals surface area contributed by atoms with Gasteiger partial charge in [0, 0.05) is 17.6 Å². The molecular formula is C19H19N3O2. The van der Waals surface area contributed by atoms with Gasteiger partial charge in [0.05, 0.1) is 5.39 Å². The van der Waals surface area contributed by atoms with Gasteiger partial charge >= 0.3 is 0 Å². The Morgan fingerprint density at radius 3 is 2.50 bits per heavy atom. The van der Waals surface area contributed by atoms with Crippen molar-refractivity contribution in [1.82, 2.24) is 9.78 Å². The van der Waals surface area contributed by atoms with Gasteiger partial charge in [-0.15, -0.1) is 0 Å². The highest BCUT2D eigenvalue weighted by Gasteiger charge is 2.17. The zero-order chi connectivity index (χ0) is 17.3. The first-order valence-corrected chi connectivity index (χ1v) is 7.90. The Morgan fingerprint density at radius 2 is 1.79 bits per heavy atom. The molecule has 0 unspecified atom stereocenters. The summed E-state index contributed by atoms with van der Waals surface area (Å²) in [6.07, 6.45) is 0. The van der Waals surface area contributed by atoms with E-state index in [9.17, 15) is 9.59 Å². The number of aryl methyl sites for hydroxylation is 2. The van der Waals surface area contributed by atoms with Crippen LogP contribution in [0.1, 0.15) is 28.5 Å². The van der Waals surface area contributed by atoms with Crippen LogP contribution in [0.25, 0.3) is 10.8 Å². The van der Waals surface area contributed by atoms with E-state index in [4.69, 9.17) is 0 Å². The SMILES string of the molecule is CCn1nc(C(=O)Nc2cccc(C)c2C)c2ccccc2c1=O. The van der Waals surface area contributed by atoms with Crippen LogP contribution in [0.2, 0.25) is 0 Å². The van der Waals surface area contributed by atoms with E-state index in [-0.39, 0.29) is 17.2 Å². The van der Waals surface area contributed by atoms with Crippen molar-refractivity contribution < 1.29 is 4.79 Å². The Kier molecular flexibility index (Phi) is 4.16. The molecule has 0 aliphatic heterocycles. The molecule has 2 aromatic carbocycles. The average Bonchev–Trinajstić information content (AvgIpc) is 2.59. The molecule has 0 spiro atoms.